The van der Waals surface area contributed by atoms with E-state index in [0.29, 0.717) is 12.0 Å². The molecular weight excluding hydrogens is 348 g/mol. The van der Waals surface area contributed by atoms with Crippen LogP contribution in [0.2, 0.25) is 0 Å². The Morgan fingerprint density at radius 2 is 2.07 bits per heavy atom. The number of piperazine rings is 1. The van der Waals surface area contributed by atoms with Crippen LogP contribution in [-0.2, 0) is 6.54 Å². The Morgan fingerprint density at radius 1 is 1.25 bits per heavy atom. The van der Waals surface area contributed by atoms with E-state index in [4.69, 9.17) is 9.97 Å². The van der Waals surface area contributed by atoms with Gasteiger partial charge in [0.1, 0.15) is 11.6 Å². The summed E-state index contributed by atoms with van der Waals surface area (Å²) in [6.07, 6.45) is 2.30. The fraction of sp³-hybridized carbons (Fsp3) is 0.636. The van der Waals surface area contributed by atoms with Gasteiger partial charge < -0.3 is 15.5 Å². The third-order valence-electron chi connectivity index (χ3n) is 5.28. The summed E-state index contributed by atoms with van der Waals surface area (Å²) >= 11 is 0. The lowest BCUT2D eigenvalue weighted by Crippen LogP contribution is -2.51. The molecule has 2 N–H and O–H groups in total. The predicted octanol–water partition coefficient (Wildman–Crippen LogP) is 2.81. The van der Waals surface area contributed by atoms with E-state index >= 15 is 0 Å². The summed E-state index contributed by atoms with van der Waals surface area (Å²) < 4.78 is 0. The number of fused-ring (bicyclic) bond motifs is 1. The molecule has 3 rings (SSSR count). The van der Waals surface area contributed by atoms with Crippen molar-refractivity contribution in [1.29, 1.82) is 0 Å². The van der Waals surface area contributed by atoms with Crippen LogP contribution in [0, 0.1) is 5.92 Å². The second kappa shape index (κ2) is 10.1. The molecule has 6 heteroatoms. The first-order valence-electron chi connectivity index (χ1n) is 10.6. The smallest absolute Gasteiger partial charge is 0.145 e. The normalized spacial score (nSPS) is 18.3. The third kappa shape index (κ3) is 5.87. The number of nitrogens with zero attached hydrogens (tertiary/aromatic N) is 4. The molecule has 154 valence electrons. The number of hydrogen-bond donors (Lipinski definition) is 2. The standard InChI is InChI=1S/C22H36N6/c1-17(2)14-18-15-23-11-13-28(18)16-21-25-20-9-6-5-8-19(20)22(26-21)24-10-7-12-27(3)4/h5-6,8-9,17-18,23H,7,10-16H2,1-4H3,(H,24,25,26)/t18-/m0/s1. The topological polar surface area (TPSA) is 56.3 Å². The van der Waals surface area contributed by atoms with E-state index < -0.39 is 0 Å². The van der Waals surface area contributed by atoms with E-state index in [1.54, 1.807) is 0 Å². The van der Waals surface area contributed by atoms with Crippen LogP contribution >= 0.6 is 0 Å². The first-order chi connectivity index (χ1) is 13.5. The summed E-state index contributed by atoms with van der Waals surface area (Å²) in [6, 6.07) is 8.88. The number of anilines is 1. The van der Waals surface area contributed by atoms with Crippen LogP contribution in [0.3, 0.4) is 0 Å². The van der Waals surface area contributed by atoms with Crippen LogP contribution < -0.4 is 10.6 Å². The van der Waals surface area contributed by atoms with E-state index in [9.17, 15) is 0 Å². The molecule has 1 saturated heterocycles. The Bertz CT molecular complexity index is 745. The molecule has 0 radical (unpaired) electrons. The summed E-state index contributed by atoms with van der Waals surface area (Å²) in [5, 5.41) is 8.20. The highest BCUT2D eigenvalue weighted by atomic mass is 15.2. The van der Waals surface area contributed by atoms with Crippen LogP contribution in [0.4, 0.5) is 5.82 Å². The minimum absolute atomic E-state index is 0.556. The van der Waals surface area contributed by atoms with Gasteiger partial charge in [0, 0.05) is 37.6 Å². The van der Waals surface area contributed by atoms with Gasteiger partial charge in [-0.25, -0.2) is 9.97 Å². The maximum absolute atomic E-state index is 4.93. The second-order valence-corrected chi connectivity index (χ2v) is 8.55. The van der Waals surface area contributed by atoms with Gasteiger partial charge in [0.2, 0.25) is 0 Å². The van der Waals surface area contributed by atoms with Crippen molar-refractivity contribution >= 4 is 16.7 Å². The Morgan fingerprint density at radius 3 is 2.86 bits per heavy atom. The van der Waals surface area contributed by atoms with Crippen LogP contribution in [0.5, 0.6) is 0 Å². The Labute approximate surface area is 169 Å². The van der Waals surface area contributed by atoms with Crippen molar-refractivity contribution in [3.63, 3.8) is 0 Å². The van der Waals surface area contributed by atoms with Gasteiger partial charge in [0.25, 0.3) is 0 Å². The Hall–Kier alpha value is -1.76. The summed E-state index contributed by atoms with van der Waals surface area (Å²) in [7, 11) is 4.22. The predicted molar refractivity (Wildman–Crippen MR) is 118 cm³/mol. The summed E-state index contributed by atoms with van der Waals surface area (Å²) in [5.41, 5.74) is 1.03. The Balaban J connectivity index is 1.76. The molecule has 28 heavy (non-hydrogen) atoms. The first kappa shape index (κ1) is 21.0. The molecule has 0 bridgehead atoms. The fourth-order valence-corrected chi connectivity index (χ4v) is 3.90. The van der Waals surface area contributed by atoms with Crippen LogP contribution in [-0.4, -0.2) is 72.6 Å². The first-order valence-corrected chi connectivity index (χ1v) is 10.6. The zero-order chi connectivity index (χ0) is 19.9. The van der Waals surface area contributed by atoms with Crippen molar-refractivity contribution in [3.05, 3.63) is 30.1 Å². The molecule has 2 heterocycles. The zero-order valence-corrected chi connectivity index (χ0v) is 17.9. The van der Waals surface area contributed by atoms with Gasteiger partial charge in [-0.2, -0.15) is 0 Å². The van der Waals surface area contributed by atoms with E-state index in [2.05, 4.69) is 72.6 Å². The van der Waals surface area contributed by atoms with Crippen molar-refractivity contribution < 1.29 is 0 Å². The lowest BCUT2D eigenvalue weighted by atomic mass is 10.0. The Kier molecular flexibility index (Phi) is 7.59. The SMILES string of the molecule is CC(C)C[C@H]1CNCCN1Cc1nc(NCCCN(C)C)c2ccccc2n1. The van der Waals surface area contributed by atoms with Gasteiger partial charge >= 0.3 is 0 Å². The number of aromatic nitrogens is 2. The molecular formula is C22H36N6. The van der Waals surface area contributed by atoms with Crippen molar-refractivity contribution in [2.24, 2.45) is 5.92 Å². The van der Waals surface area contributed by atoms with Gasteiger partial charge in [-0.15, -0.1) is 0 Å². The van der Waals surface area contributed by atoms with Gasteiger partial charge in [-0.05, 0) is 51.5 Å². The summed E-state index contributed by atoms with van der Waals surface area (Å²) in [4.78, 5) is 14.6. The van der Waals surface area contributed by atoms with E-state index in [1.165, 1.54) is 6.42 Å². The highest BCUT2D eigenvalue weighted by molar-refractivity contribution is 5.88. The molecule has 0 amide bonds. The molecule has 1 aromatic carbocycles. The molecule has 1 aliphatic heterocycles. The highest BCUT2D eigenvalue weighted by Crippen LogP contribution is 2.22. The van der Waals surface area contributed by atoms with Crippen molar-refractivity contribution in [1.82, 2.24) is 25.1 Å². The zero-order valence-electron chi connectivity index (χ0n) is 17.9. The molecule has 1 fully saturated rings. The van der Waals surface area contributed by atoms with E-state index in [1.807, 2.05) is 0 Å². The minimum Gasteiger partial charge on any atom is -0.369 e. The number of hydrogen-bond acceptors (Lipinski definition) is 6. The summed E-state index contributed by atoms with van der Waals surface area (Å²) in [5.74, 6) is 2.58. The maximum atomic E-state index is 4.93. The lowest BCUT2D eigenvalue weighted by molar-refractivity contribution is 0.131. The third-order valence-corrected chi connectivity index (χ3v) is 5.28. The summed E-state index contributed by atoms with van der Waals surface area (Å²) in [6.45, 7) is 10.6. The van der Waals surface area contributed by atoms with Crippen LogP contribution in [0.15, 0.2) is 24.3 Å². The lowest BCUT2D eigenvalue weighted by Gasteiger charge is -2.36. The van der Waals surface area contributed by atoms with E-state index in [-0.39, 0.29) is 0 Å². The second-order valence-electron chi connectivity index (χ2n) is 8.55. The monoisotopic (exact) mass is 384 g/mol. The molecule has 6 nitrogen and oxygen atoms in total. The minimum atomic E-state index is 0.556. The number of nitrogens with one attached hydrogen (secondary N) is 2. The average molecular weight is 385 g/mol. The van der Waals surface area contributed by atoms with Crippen LogP contribution in [0.1, 0.15) is 32.5 Å². The number of para-hydroxylation sites is 1. The molecule has 1 aliphatic rings. The average Bonchev–Trinajstić information content (AvgIpc) is 2.66. The maximum Gasteiger partial charge on any atom is 0.145 e. The molecule has 2 aromatic rings. The van der Waals surface area contributed by atoms with Crippen molar-refractivity contribution in [3.8, 4) is 0 Å². The molecule has 1 aromatic heterocycles. The van der Waals surface area contributed by atoms with E-state index in [0.717, 1.165) is 68.2 Å². The van der Waals surface area contributed by atoms with Crippen molar-refractivity contribution in [2.75, 3.05) is 52.1 Å². The molecule has 0 unspecified atom stereocenters. The van der Waals surface area contributed by atoms with Gasteiger partial charge in [0.05, 0.1) is 12.1 Å². The number of benzene rings is 1. The van der Waals surface area contributed by atoms with Crippen molar-refractivity contribution in [2.45, 2.75) is 39.3 Å². The van der Waals surface area contributed by atoms with Gasteiger partial charge in [-0.1, -0.05) is 26.0 Å². The molecule has 0 aliphatic carbocycles. The number of rotatable bonds is 9. The molecule has 0 spiro atoms. The fourth-order valence-electron chi connectivity index (χ4n) is 3.90. The highest BCUT2D eigenvalue weighted by Gasteiger charge is 2.24. The quantitative estimate of drug-likeness (QED) is 0.649. The molecule has 0 saturated carbocycles. The van der Waals surface area contributed by atoms with Gasteiger partial charge in [-0.3, -0.25) is 4.90 Å². The van der Waals surface area contributed by atoms with Crippen LogP contribution in [0.25, 0.3) is 10.9 Å². The molecule has 1 atom stereocenters. The van der Waals surface area contributed by atoms with Gasteiger partial charge in [0.15, 0.2) is 0 Å². The largest absolute Gasteiger partial charge is 0.369 e.